The van der Waals surface area contributed by atoms with Crippen LogP contribution in [0, 0.1) is 12.8 Å². The first-order valence-electron chi connectivity index (χ1n) is 6.73. The molecule has 21 heavy (non-hydrogen) atoms. The number of nitrogens with zero attached hydrogens (tertiary/aromatic N) is 2. The second kappa shape index (κ2) is 5.83. The summed E-state index contributed by atoms with van der Waals surface area (Å²) in [6, 6.07) is 5.43. The second-order valence-corrected chi connectivity index (χ2v) is 5.31. The van der Waals surface area contributed by atoms with Crippen molar-refractivity contribution in [3.05, 3.63) is 29.3 Å². The summed E-state index contributed by atoms with van der Waals surface area (Å²) >= 11 is 0. The minimum Gasteiger partial charge on any atom is -0.409 e. The molecule has 1 aromatic rings. The summed E-state index contributed by atoms with van der Waals surface area (Å²) in [5.41, 5.74) is 7.85. The Morgan fingerprint density at radius 3 is 2.48 bits per heavy atom. The Morgan fingerprint density at radius 2 is 1.95 bits per heavy atom. The molecule has 0 spiro atoms. The number of oxime groups is 1. The molecule has 0 bridgehead atoms. The van der Waals surface area contributed by atoms with Gasteiger partial charge in [0.25, 0.3) is 0 Å². The number of piperidine rings is 1. The molecular formula is C14H18F3N3O. The van der Waals surface area contributed by atoms with Gasteiger partial charge in [-0.3, -0.25) is 0 Å². The quantitative estimate of drug-likeness (QED) is 0.382. The van der Waals surface area contributed by atoms with Crippen LogP contribution in [0.15, 0.2) is 23.4 Å². The van der Waals surface area contributed by atoms with Gasteiger partial charge in [-0.2, -0.15) is 13.2 Å². The maximum Gasteiger partial charge on any atom is 0.391 e. The minimum absolute atomic E-state index is 0.0355. The average Bonchev–Trinajstić information content (AvgIpc) is 2.45. The van der Waals surface area contributed by atoms with E-state index in [1.807, 2.05) is 17.9 Å². The zero-order valence-corrected chi connectivity index (χ0v) is 11.7. The van der Waals surface area contributed by atoms with Gasteiger partial charge in [-0.1, -0.05) is 16.8 Å². The molecule has 0 aromatic heterocycles. The summed E-state index contributed by atoms with van der Waals surface area (Å²) in [5.74, 6) is -1.28. The fourth-order valence-corrected chi connectivity index (χ4v) is 2.63. The number of aryl methyl sites for hydroxylation is 1. The smallest absolute Gasteiger partial charge is 0.391 e. The fraction of sp³-hybridized carbons (Fsp3) is 0.500. The van der Waals surface area contributed by atoms with Crippen molar-refractivity contribution in [2.24, 2.45) is 16.8 Å². The number of hydrogen-bond acceptors (Lipinski definition) is 3. The lowest BCUT2D eigenvalue weighted by molar-refractivity contribution is -0.179. The van der Waals surface area contributed by atoms with Crippen LogP contribution >= 0.6 is 0 Å². The Hall–Kier alpha value is -1.92. The first kappa shape index (κ1) is 15.5. The molecule has 7 heteroatoms. The molecule has 0 saturated carbocycles. The van der Waals surface area contributed by atoms with E-state index in [4.69, 9.17) is 10.9 Å². The summed E-state index contributed by atoms with van der Waals surface area (Å²) in [4.78, 5) is 1.86. The summed E-state index contributed by atoms with van der Waals surface area (Å²) < 4.78 is 38.1. The van der Waals surface area contributed by atoms with Gasteiger partial charge >= 0.3 is 6.18 Å². The van der Waals surface area contributed by atoms with Gasteiger partial charge < -0.3 is 15.8 Å². The number of alkyl halides is 3. The lowest BCUT2D eigenvalue weighted by Crippen LogP contribution is -2.39. The first-order valence-corrected chi connectivity index (χ1v) is 6.73. The van der Waals surface area contributed by atoms with Crippen molar-refractivity contribution < 1.29 is 18.4 Å². The molecule has 2 rings (SSSR count). The van der Waals surface area contributed by atoms with E-state index in [0.717, 1.165) is 5.56 Å². The Morgan fingerprint density at radius 1 is 1.33 bits per heavy atom. The monoisotopic (exact) mass is 301 g/mol. The first-order chi connectivity index (χ1) is 9.82. The second-order valence-electron chi connectivity index (χ2n) is 5.31. The number of rotatable bonds is 2. The number of amidine groups is 1. The third-order valence-corrected chi connectivity index (χ3v) is 3.83. The highest BCUT2D eigenvalue weighted by molar-refractivity contribution is 6.02. The van der Waals surface area contributed by atoms with Gasteiger partial charge in [0, 0.05) is 24.3 Å². The molecule has 1 saturated heterocycles. The van der Waals surface area contributed by atoms with Gasteiger partial charge in [0.05, 0.1) is 5.92 Å². The molecule has 1 aromatic carbocycles. The molecule has 0 amide bonds. The largest absolute Gasteiger partial charge is 0.409 e. The SMILES string of the molecule is Cc1ccc(N2CCC(C(F)(F)F)CC2)c(/C(N)=N/O)c1. The molecule has 0 aliphatic carbocycles. The molecule has 0 unspecified atom stereocenters. The van der Waals surface area contributed by atoms with Crippen molar-refractivity contribution in [3.63, 3.8) is 0 Å². The average molecular weight is 301 g/mol. The molecule has 4 nitrogen and oxygen atoms in total. The fourth-order valence-electron chi connectivity index (χ4n) is 2.63. The summed E-state index contributed by atoms with van der Waals surface area (Å²) in [6.07, 6.45) is -4.01. The third kappa shape index (κ3) is 3.40. The molecule has 1 heterocycles. The van der Waals surface area contributed by atoms with Gasteiger partial charge in [0.2, 0.25) is 0 Å². The van der Waals surface area contributed by atoms with E-state index in [0.29, 0.717) is 24.3 Å². The van der Waals surface area contributed by atoms with Crippen LogP contribution in [-0.4, -0.2) is 30.3 Å². The lowest BCUT2D eigenvalue weighted by atomic mass is 9.95. The van der Waals surface area contributed by atoms with Gasteiger partial charge in [-0.25, -0.2) is 0 Å². The van der Waals surface area contributed by atoms with Crippen LogP contribution in [0.4, 0.5) is 18.9 Å². The molecule has 116 valence electrons. The molecule has 3 N–H and O–H groups in total. The summed E-state index contributed by atoms with van der Waals surface area (Å²) in [7, 11) is 0. The molecule has 1 fully saturated rings. The van der Waals surface area contributed by atoms with Gasteiger partial charge in [0.15, 0.2) is 5.84 Å². The van der Waals surface area contributed by atoms with Crippen LogP contribution in [0.1, 0.15) is 24.0 Å². The zero-order valence-electron chi connectivity index (χ0n) is 11.7. The molecular weight excluding hydrogens is 283 g/mol. The van der Waals surface area contributed by atoms with Crippen molar-refractivity contribution in [3.8, 4) is 0 Å². The van der Waals surface area contributed by atoms with E-state index >= 15 is 0 Å². The Balaban J connectivity index is 2.21. The number of anilines is 1. The Kier molecular flexibility index (Phi) is 4.29. The van der Waals surface area contributed by atoms with Crippen molar-refractivity contribution in [1.29, 1.82) is 0 Å². The topological polar surface area (TPSA) is 61.8 Å². The molecule has 0 radical (unpaired) electrons. The van der Waals surface area contributed by atoms with E-state index in [2.05, 4.69) is 5.16 Å². The van der Waals surface area contributed by atoms with Crippen LogP contribution in [0.2, 0.25) is 0 Å². The van der Waals surface area contributed by atoms with Crippen molar-refractivity contribution >= 4 is 11.5 Å². The highest BCUT2D eigenvalue weighted by atomic mass is 19.4. The van der Waals surface area contributed by atoms with Gasteiger partial charge in [0.1, 0.15) is 0 Å². The van der Waals surface area contributed by atoms with Crippen LogP contribution in [-0.2, 0) is 0 Å². The normalized spacial score (nSPS) is 18.1. The van der Waals surface area contributed by atoms with Crippen molar-refractivity contribution in [2.45, 2.75) is 25.9 Å². The molecule has 1 aliphatic heterocycles. The van der Waals surface area contributed by atoms with E-state index in [1.54, 1.807) is 12.1 Å². The van der Waals surface area contributed by atoms with Crippen LogP contribution in [0.5, 0.6) is 0 Å². The maximum absolute atomic E-state index is 12.7. The number of hydrogen-bond donors (Lipinski definition) is 2. The summed E-state index contributed by atoms with van der Waals surface area (Å²) in [6.45, 7) is 2.48. The number of nitrogens with two attached hydrogens (primary N) is 1. The van der Waals surface area contributed by atoms with Crippen LogP contribution in [0.3, 0.4) is 0 Å². The predicted octanol–water partition coefficient (Wildman–Crippen LogP) is 2.87. The van der Waals surface area contributed by atoms with Gasteiger partial charge in [-0.05, 0) is 31.9 Å². The number of halogens is 3. The molecule has 0 atom stereocenters. The highest BCUT2D eigenvalue weighted by Gasteiger charge is 2.41. The Bertz CT molecular complexity index is 535. The van der Waals surface area contributed by atoms with E-state index in [9.17, 15) is 13.2 Å². The standard InChI is InChI=1S/C14H18F3N3O/c1-9-2-3-12(11(8-9)13(18)19-21)20-6-4-10(5-7-20)14(15,16)17/h2-3,8,10,21H,4-7H2,1H3,(H2,18,19). The van der Waals surface area contributed by atoms with Crippen LogP contribution in [0.25, 0.3) is 0 Å². The van der Waals surface area contributed by atoms with Crippen LogP contribution < -0.4 is 10.6 Å². The molecule has 1 aliphatic rings. The third-order valence-electron chi connectivity index (χ3n) is 3.83. The summed E-state index contributed by atoms with van der Waals surface area (Å²) in [5, 5.41) is 11.8. The minimum atomic E-state index is -4.13. The predicted molar refractivity (Wildman–Crippen MR) is 74.7 cm³/mol. The lowest BCUT2D eigenvalue weighted by Gasteiger charge is -2.35. The highest BCUT2D eigenvalue weighted by Crippen LogP contribution is 2.36. The van der Waals surface area contributed by atoms with E-state index < -0.39 is 12.1 Å². The Labute approximate surface area is 121 Å². The maximum atomic E-state index is 12.7. The van der Waals surface area contributed by atoms with E-state index in [-0.39, 0.29) is 18.7 Å². The van der Waals surface area contributed by atoms with E-state index in [1.165, 1.54) is 0 Å². The van der Waals surface area contributed by atoms with Crippen molar-refractivity contribution in [1.82, 2.24) is 0 Å². The van der Waals surface area contributed by atoms with Crippen molar-refractivity contribution in [2.75, 3.05) is 18.0 Å². The number of benzene rings is 1. The zero-order chi connectivity index (χ0) is 15.6. The van der Waals surface area contributed by atoms with Gasteiger partial charge in [-0.15, -0.1) is 0 Å².